The topological polar surface area (TPSA) is 29.1 Å². The van der Waals surface area contributed by atoms with Gasteiger partial charge >= 0.3 is 0 Å². The van der Waals surface area contributed by atoms with E-state index >= 15 is 0 Å². The Morgan fingerprint density at radius 2 is 2.19 bits per heavy atom. The first kappa shape index (κ1) is 11.3. The molecule has 0 aliphatic carbocycles. The van der Waals surface area contributed by atoms with Gasteiger partial charge < -0.3 is 5.32 Å². The lowest BCUT2D eigenvalue weighted by Gasteiger charge is -2.05. The zero-order valence-corrected chi connectivity index (χ0v) is 10.4. The summed E-state index contributed by atoms with van der Waals surface area (Å²) in [6, 6.07) is 6.19. The maximum Gasteiger partial charge on any atom is 0.259 e. The summed E-state index contributed by atoms with van der Waals surface area (Å²) in [5.74, 6) is -0.995. The zero-order chi connectivity index (χ0) is 11.5. The van der Waals surface area contributed by atoms with Crippen LogP contribution in [0.4, 0.5) is 10.1 Å². The smallest absolute Gasteiger partial charge is 0.259 e. The van der Waals surface area contributed by atoms with Gasteiger partial charge in [0.15, 0.2) is 0 Å². The first-order chi connectivity index (χ1) is 7.68. The molecule has 0 atom stereocenters. The number of hydrogen-bond acceptors (Lipinski definition) is 2. The highest BCUT2D eigenvalue weighted by atomic mass is 79.9. The van der Waals surface area contributed by atoms with Gasteiger partial charge in [-0.1, -0.05) is 6.07 Å². The third kappa shape index (κ3) is 2.31. The van der Waals surface area contributed by atoms with Gasteiger partial charge in [0.05, 0.1) is 11.3 Å². The van der Waals surface area contributed by atoms with Crippen LogP contribution in [0.15, 0.2) is 39.5 Å². The van der Waals surface area contributed by atoms with Crippen molar-refractivity contribution in [1.82, 2.24) is 0 Å². The molecule has 2 nitrogen and oxygen atoms in total. The average molecular weight is 300 g/mol. The summed E-state index contributed by atoms with van der Waals surface area (Å²) in [4.78, 5) is 11.8. The highest BCUT2D eigenvalue weighted by Crippen LogP contribution is 2.21. The Hall–Kier alpha value is -1.20. The van der Waals surface area contributed by atoms with Gasteiger partial charge in [-0.3, -0.25) is 4.79 Å². The van der Waals surface area contributed by atoms with E-state index in [-0.39, 0.29) is 5.56 Å². The summed E-state index contributed by atoms with van der Waals surface area (Å²) in [6.45, 7) is 0. The van der Waals surface area contributed by atoms with Crippen molar-refractivity contribution in [3.05, 3.63) is 50.9 Å². The van der Waals surface area contributed by atoms with Gasteiger partial charge in [-0.05, 0) is 39.5 Å². The molecule has 16 heavy (non-hydrogen) atoms. The van der Waals surface area contributed by atoms with Gasteiger partial charge in [-0.15, -0.1) is 0 Å². The summed E-state index contributed by atoms with van der Waals surface area (Å²) >= 11 is 4.62. The molecule has 0 radical (unpaired) electrons. The number of hydrogen-bond donors (Lipinski definition) is 1. The van der Waals surface area contributed by atoms with Gasteiger partial charge in [0, 0.05) is 9.85 Å². The summed E-state index contributed by atoms with van der Waals surface area (Å²) in [7, 11) is 0. The lowest BCUT2D eigenvalue weighted by molar-refractivity contribution is 0.102. The van der Waals surface area contributed by atoms with Gasteiger partial charge in [0.2, 0.25) is 0 Å². The fourth-order valence-electron chi connectivity index (χ4n) is 1.24. The Morgan fingerprint density at radius 3 is 2.81 bits per heavy atom. The van der Waals surface area contributed by atoms with Crippen molar-refractivity contribution in [3.8, 4) is 0 Å². The largest absolute Gasteiger partial charge is 0.321 e. The number of rotatable bonds is 2. The predicted octanol–water partition coefficient (Wildman–Crippen LogP) is 3.90. The molecule has 0 unspecified atom stereocenters. The second kappa shape index (κ2) is 4.76. The Morgan fingerprint density at radius 1 is 1.38 bits per heavy atom. The molecule has 1 amide bonds. The van der Waals surface area contributed by atoms with Crippen LogP contribution >= 0.6 is 27.3 Å². The number of benzene rings is 1. The second-order valence-corrected chi connectivity index (χ2v) is 4.70. The molecule has 0 saturated heterocycles. The minimum Gasteiger partial charge on any atom is -0.321 e. The first-order valence-electron chi connectivity index (χ1n) is 4.46. The standard InChI is InChI=1S/C11H7BrFNOS/c12-8-2-1-3-9(13)10(8)11(15)14-7-4-5-16-6-7/h1-6H,(H,14,15). The highest BCUT2D eigenvalue weighted by molar-refractivity contribution is 9.10. The van der Waals surface area contributed by atoms with E-state index < -0.39 is 11.7 Å². The lowest BCUT2D eigenvalue weighted by atomic mass is 10.2. The molecule has 0 saturated carbocycles. The zero-order valence-electron chi connectivity index (χ0n) is 8.04. The molecule has 82 valence electrons. The molecule has 1 N–H and O–H groups in total. The summed E-state index contributed by atoms with van der Waals surface area (Å²) in [5.41, 5.74) is 0.693. The van der Waals surface area contributed by atoms with Gasteiger partial charge in [-0.2, -0.15) is 11.3 Å². The molecule has 0 aliphatic rings. The Bertz CT molecular complexity index is 492. The van der Waals surface area contributed by atoms with E-state index in [1.165, 1.54) is 17.4 Å². The Balaban J connectivity index is 2.28. The van der Waals surface area contributed by atoms with E-state index in [0.717, 1.165) is 0 Å². The number of carbonyl (C=O) groups excluding carboxylic acids is 1. The van der Waals surface area contributed by atoms with Crippen LogP contribution in [0.1, 0.15) is 10.4 Å². The van der Waals surface area contributed by atoms with Crippen molar-refractivity contribution in [1.29, 1.82) is 0 Å². The molecule has 2 rings (SSSR count). The summed E-state index contributed by atoms with van der Waals surface area (Å²) < 4.78 is 13.9. The molecule has 1 aromatic heterocycles. The fourth-order valence-corrected chi connectivity index (χ4v) is 2.35. The van der Waals surface area contributed by atoms with Crippen LogP contribution in [0.25, 0.3) is 0 Å². The number of thiophene rings is 1. The van der Waals surface area contributed by atoms with Crippen LogP contribution in [-0.4, -0.2) is 5.91 Å². The van der Waals surface area contributed by atoms with E-state index in [1.54, 1.807) is 23.6 Å². The van der Waals surface area contributed by atoms with E-state index in [2.05, 4.69) is 21.2 Å². The van der Waals surface area contributed by atoms with E-state index in [0.29, 0.717) is 10.2 Å². The number of anilines is 1. The van der Waals surface area contributed by atoms with Gasteiger partial charge in [0.25, 0.3) is 5.91 Å². The normalized spacial score (nSPS) is 10.1. The third-order valence-corrected chi connectivity index (χ3v) is 3.31. The summed E-state index contributed by atoms with van der Waals surface area (Å²) in [6.07, 6.45) is 0. The molecular weight excluding hydrogens is 293 g/mol. The monoisotopic (exact) mass is 299 g/mol. The number of carbonyl (C=O) groups is 1. The number of nitrogens with one attached hydrogen (secondary N) is 1. The Kier molecular flexibility index (Phi) is 3.36. The number of halogens is 2. The maximum atomic E-state index is 13.4. The summed E-state index contributed by atoms with van der Waals surface area (Å²) in [5, 5.41) is 6.25. The van der Waals surface area contributed by atoms with Crippen molar-refractivity contribution >= 4 is 38.9 Å². The van der Waals surface area contributed by atoms with Crippen LogP contribution in [-0.2, 0) is 0 Å². The van der Waals surface area contributed by atoms with Crippen molar-refractivity contribution in [2.45, 2.75) is 0 Å². The van der Waals surface area contributed by atoms with Crippen molar-refractivity contribution in [2.24, 2.45) is 0 Å². The molecule has 0 aliphatic heterocycles. The molecule has 0 spiro atoms. The molecule has 1 aromatic carbocycles. The van der Waals surface area contributed by atoms with Crippen LogP contribution < -0.4 is 5.32 Å². The highest BCUT2D eigenvalue weighted by Gasteiger charge is 2.15. The van der Waals surface area contributed by atoms with E-state index in [9.17, 15) is 9.18 Å². The molecule has 2 aromatic rings. The van der Waals surface area contributed by atoms with Crippen molar-refractivity contribution < 1.29 is 9.18 Å². The van der Waals surface area contributed by atoms with E-state index in [4.69, 9.17) is 0 Å². The minimum atomic E-state index is -0.540. The molecule has 1 heterocycles. The number of amides is 1. The second-order valence-electron chi connectivity index (χ2n) is 3.06. The van der Waals surface area contributed by atoms with Gasteiger partial charge in [-0.25, -0.2) is 4.39 Å². The lowest BCUT2D eigenvalue weighted by Crippen LogP contribution is -2.13. The molecule has 5 heteroatoms. The minimum absolute atomic E-state index is 0.0219. The van der Waals surface area contributed by atoms with Crippen LogP contribution in [0, 0.1) is 5.82 Å². The first-order valence-corrected chi connectivity index (χ1v) is 6.19. The van der Waals surface area contributed by atoms with Gasteiger partial charge in [0.1, 0.15) is 5.82 Å². The average Bonchev–Trinajstić information content (AvgIpc) is 2.70. The SMILES string of the molecule is O=C(Nc1ccsc1)c1c(F)cccc1Br. The van der Waals surface area contributed by atoms with Crippen LogP contribution in [0.2, 0.25) is 0 Å². The Labute approximate surface area is 104 Å². The van der Waals surface area contributed by atoms with Crippen LogP contribution in [0.5, 0.6) is 0 Å². The third-order valence-electron chi connectivity index (χ3n) is 1.97. The fraction of sp³-hybridized carbons (Fsp3) is 0. The van der Waals surface area contributed by atoms with E-state index in [1.807, 2.05) is 5.38 Å². The maximum absolute atomic E-state index is 13.4. The van der Waals surface area contributed by atoms with Crippen molar-refractivity contribution in [3.63, 3.8) is 0 Å². The van der Waals surface area contributed by atoms with Crippen molar-refractivity contribution in [2.75, 3.05) is 5.32 Å². The molecule has 0 bridgehead atoms. The van der Waals surface area contributed by atoms with Crippen LogP contribution in [0.3, 0.4) is 0 Å². The predicted molar refractivity (Wildman–Crippen MR) is 66.4 cm³/mol. The molecular formula is C11H7BrFNOS. The molecule has 0 fully saturated rings. The quantitative estimate of drug-likeness (QED) is 0.895.